The van der Waals surface area contributed by atoms with E-state index in [0.29, 0.717) is 0 Å². The Morgan fingerprint density at radius 2 is 2.00 bits per heavy atom. The lowest BCUT2D eigenvalue weighted by Crippen LogP contribution is -1.75. The Morgan fingerprint density at radius 3 is 2.62 bits per heavy atom. The van der Waals surface area contributed by atoms with Crippen molar-refractivity contribution in [1.82, 2.24) is 0 Å². The summed E-state index contributed by atoms with van der Waals surface area (Å²) in [6.45, 7) is 2.13. The first kappa shape index (κ1) is 8.89. The summed E-state index contributed by atoms with van der Waals surface area (Å²) in [7, 11) is 0. The minimum Gasteiger partial charge on any atom is -0.131 e. The fourth-order valence-corrected chi connectivity index (χ4v) is 2.54. The van der Waals surface area contributed by atoms with E-state index < -0.39 is 0 Å². The molecule has 1 saturated heterocycles. The molecule has 2 rings (SSSR count). The van der Waals surface area contributed by atoms with Gasteiger partial charge in [-0.05, 0) is 42.1 Å². The van der Waals surface area contributed by atoms with Crippen LogP contribution < -0.4 is 0 Å². The molecule has 0 saturated carbocycles. The Kier molecular flexibility index (Phi) is 2.74. The molecule has 0 unspecified atom stereocenters. The van der Waals surface area contributed by atoms with Crippen LogP contribution in [0, 0.1) is 6.92 Å². The molecule has 1 aliphatic heterocycles. The average Bonchev–Trinajstić information content (AvgIpc) is 2.62. The van der Waals surface area contributed by atoms with E-state index in [1.54, 1.807) is 4.91 Å². The SMILES string of the molecule is Cc1ccc(C=C2CCCS2)cc1. The summed E-state index contributed by atoms with van der Waals surface area (Å²) >= 11 is 2.00. The van der Waals surface area contributed by atoms with Gasteiger partial charge in [-0.15, -0.1) is 11.8 Å². The molecule has 0 aliphatic carbocycles. The maximum absolute atomic E-state index is 2.32. The summed E-state index contributed by atoms with van der Waals surface area (Å²) in [6, 6.07) is 8.74. The number of thioether (sulfide) groups is 1. The molecule has 0 amide bonds. The number of hydrogen-bond acceptors (Lipinski definition) is 1. The first-order chi connectivity index (χ1) is 6.34. The van der Waals surface area contributed by atoms with Crippen LogP contribution >= 0.6 is 11.8 Å². The Bertz CT molecular complexity index is 300. The second kappa shape index (κ2) is 4.01. The van der Waals surface area contributed by atoms with E-state index in [1.165, 1.54) is 29.7 Å². The highest BCUT2D eigenvalue weighted by Gasteiger charge is 2.06. The molecular weight excluding hydrogens is 176 g/mol. The second-order valence-corrected chi connectivity index (χ2v) is 4.69. The molecular formula is C12H14S. The van der Waals surface area contributed by atoms with E-state index >= 15 is 0 Å². The molecule has 0 radical (unpaired) electrons. The molecule has 0 atom stereocenters. The van der Waals surface area contributed by atoms with E-state index in [0.717, 1.165) is 0 Å². The first-order valence-corrected chi connectivity index (χ1v) is 5.73. The van der Waals surface area contributed by atoms with E-state index in [4.69, 9.17) is 0 Å². The Morgan fingerprint density at radius 1 is 1.23 bits per heavy atom. The van der Waals surface area contributed by atoms with Crippen LogP contribution in [0.15, 0.2) is 29.2 Å². The van der Waals surface area contributed by atoms with Gasteiger partial charge in [-0.1, -0.05) is 29.8 Å². The van der Waals surface area contributed by atoms with Crippen LogP contribution in [0.25, 0.3) is 6.08 Å². The maximum Gasteiger partial charge on any atom is -0.00199 e. The molecule has 0 bridgehead atoms. The van der Waals surface area contributed by atoms with Gasteiger partial charge in [-0.2, -0.15) is 0 Å². The number of aryl methyl sites for hydroxylation is 1. The van der Waals surface area contributed by atoms with Gasteiger partial charge in [0, 0.05) is 0 Å². The molecule has 1 aromatic carbocycles. The minimum atomic E-state index is 1.28. The zero-order chi connectivity index (χ0) is 9.10. The molecule has 0 nitrogen and oxygen atoms in total. The van der Waals surface area contributed by atoms with Crippen molar-refractivity contribution in [1.29, 1.82) is 0 Å². The van der Waals surface area contributed by atoms with Gasteiger partial charge >= 0.3 is 0 Å². The van der Waals surface area contributed by atoms with Crippen molar-refractivity contribution in [3.63, 3.8) is 0 Å². The molecule has 1 aromatic rings. The lowest BCUT2D eigenvalue weighted by atomic mass is 10.1. The smallest absolute Gasteiger partial charge is 0.00199 e. The van der Waals surface area contributed by atoms with Crippen LogP contribution in [0.5, 0.6) is 0 Å². The van der Waals surface area contributed by atoms with Gasteiger partial charge < -0.3 is 0 Å². The lowest BCUT2D eigenvalue weighted by Gasteiger charge is -1.97. The van der Waals surface area contributed by atoms with Crippen molar-refractivity contribution in [2.75, 3.05) is 5.75 Å². The maximum atomic E-state index is 2.32. The summed E-state index contributed by atoms with van der Waals surface area (Å²) in [5.41, 5.74) is 2.68. The summed E-state index contributed by atoms with van der Waals surface area (Å²) in [4.78, 5) is 1.55. The van der Waals surface area contributed by atoms with Gasteiger partial charge in [0.1, 0.15) is 0 Å². The summed E-state index contributed by atoms with van der Waals surface area (Å²) in [6.07, 6.45) is 4.94. The molecule has 68 valence electrons. The highest BCUT2D eigenvalue weighted by atomic mass is 32.2. The van der Waals surface area contributed by atoms with Gasteiger partial charge in [0.2, 0.25) is 0 Å². The van der Waals surface area contributed by atoms with E-state index in [2.05, 4.69) is 37.3 Å². The van der Waals surface area contributed by atoms with E-state index in [9.17, 15) is 0 Å². The predicted octanol–water partition coefficient (Wildman–Crippen LogP) is 3.86. The zero-order valence-electron chi connectivity index (χ0n) is 7.92. The topological polar surface area (TPSA) is 0 Å². The van der Waals surface area contributed by atoms with Crippen LogP contribution in [0.1, 0.15) is 24.0 Å². The molecule has 13 heavy (non-hydrogen) atoms. The van der Waals surface area contributed by atoms with Crippen molar-refractivity contribution in [2.45, 2.75) is 19.8 Å². The molecule has 0 aromatic heterocycles. The van der Waals surface area contributed by atoms with Crippen LogP contribution in [-0.4, -0.2) is 5.75 Å². The Balaban J connectivity index is 2.17. The lowest BCUT2D eigenvalue weighted by molar-refractivity contribution is 0.999. The first-order valence-electron chi connectivity index (χ1n) is 4.75. The molecule has 1 aliphatic rings. The fraction of sp³-hybridized carbons (Fsp3) is 0.333. The predicted molar refractivity (Wildman–Crippen MR) is 60.8 cm³/mol. The van der Waals surface area contributed by atoms with Crippen molar-refractivity contribution in [3.05, 3.63) is 40.3 Å². The average molecular weight is 190 g/mol. The molecule has 0 spiro atoms. The van der Waals surface area contributed by atoms with Crippen molar-refractivity contribution >= 4 is 17.8 Å². The molecule has 1 heteroatoms. The molecule has 1 fully saturated rings. The second-order valence-electron chi connectivity index (χ2n) is 3.47. The van der Waals surface area contributed by atoms with E-state index in [-0.39, 0.29) is 0 Å². The van der Waals surface area contributed by atoms with Gasteiger partial charge in [0.25, 0.3) is 0 Å². The third-order valence-corrected chi connectivity index (χ3v) is 3.45. The standard InChI is InChI=1S/C12H14S/c1-10-4-6-11(7-5-10)9-12-3-2-8-13-12/h4-7,9H,2-3,8H2,1H3. The number of allylic oxidation sites excluding steroid dienone is 1. The molecule has 0 N–H and O–H groups in total. The van der Waals surface area contributed by atoms with Gasteiger partial charge in [-0.25, -0.2) is 0 Å². The summed E-state index contributed by atoms with van der Waals surface area (Å²) in [5.74, 6) is 1.30. The normalized spacial score (nSPS) is 19.6. The van der Waals surface area contributed by atoms with E-state index in [1.807, 2.05) is 11.8 Å². The minimum absolute atomic E-state index is 1.28. The van der Waals surface area contributed by atoms with Crippen molar-refractivity contribution in [2.24, 2.45) is 0 Å². The third-order valence-electron chi connectivity index (χ3n) is 2.26. The zero-order valence-corrected chi connectivity index (χ0v) is 8.73. The highest BCUT2D eigenvalue weighted by Crippen LogP contribution is 2.31. The van der Waals surface area contributed by atoms with Crippen LogP contribution in [0.2, 0.25) is 0 Å². The third kappa shape index (κ3) is 2.38. The van der Waals surface area contributed by atoms with Crippen molar-refractivity contribution < 1.29 is 0 Å². The van der Waals surface area contributed by atoms with Crippen LogP contribution in [-0.2, 0) is 0 Å². The monoisotopic (exact) mass is 190 g/mol. The summed E-state index contributed by atoms with van der Waals surface area (Å²) < 4.78 is 0. The van der Waals surface area contributed by atoms with Gasteiger partial charge in [-0.3, -0.25) is 0 Å². The van der Waals surface area contributed by atoms with Crippen molar-refractivity contribution in [3.8, 4) is 0 Å². The van der Waals surface area contributed by atoms with Gasteiger partial charge in [0.05, 0.1) is 0 Å². The largest absolute Gasteiger partial charge is 0.131 e. The Hall–Kier alpha value is -0.690. The van der Waals surface area contributed by atoms with Crippen LogP contribution in [0.3, 0.4) is 0 Å². The van der Waals surface area contributed by atoms with Gasteiger partial charge in [0.15, 0.2) is 0 Å². The Labute approximate surface area is 84.0 Å². The van der Waals surface area contributed by atoms with Crippen LogP contribution in [0.4, 0.5) is 0 Å². The molecule has 1 heterocycles. The fourth-order valence-electron chi connectivity index (χ4n) is 1.48. The number of benzene rings is 1. The number of rotatable bonds is 1. The summed E-state index contributed by atoms with van der Waals surface area (Å²) in [5, 5.41) is 0. The highest BCUT2D eigenvalue weighted by molar-refractivity contribution is 8.03. The quantitative estimate of drug-likeness (QED) is 0.648. The number of hydrogen-bond donors (Lipinski definition) is 0.